The van der Waals surface area contributed by atoms with Gasteiger partial charge in [-0.2, -0.15) is 0 Å². The summed E-state index contributed by atoms with van der Waals surface area (Å²) < 4.78 is 21.6. The topological polar surface area (TPSA) is 46.5 Å². The summed E-state index contributed by atoms with van der Waals surface area (Å²) in [5.74, 6) is -0.716. The minimum atomic E-state index is -0.889. The number of carbonyl (C=O) groups is 1. The van der Waals surface area contributed by atoms with Gasteiger partial charge in [-0.15, -0.1) is 0 Å². The first-order valence-electron chi connectivity index (χ1n) is 14.1. The van der Waals surface area contributed by atoms with Crippen LogP contribution in [0.3, 0.4) is 0 Å². The molecule has 2 aliphatic rings. The van der Waals surface area contributed by atoms with E-state index < -0.39 is 11.8 Å². The van der Waals surface area contributed by atoms with E-state index in [2.05, 4.69) is 63.2 Å². The molecule has 5 rings (SSSR count). The molecule has 0 amide bonds. The second-order valence-electron chi connectivity index (χ2n) is 11.9. The standard InChI is InChI=1S/C34H39FO3/c1-4-22-8-5-9-25(18-22)26-16-13-23(19-29(26)30-11-7-17-34(30,2)3)21-38-31-12-6-10-27(33(31)35)28(20-32(36)37)24-14-15-24/h5-6,8-10,12-13,16,18-19,24,28,30H,4,7,11,14-15,17,20-21H2,1-3H3,(H,36,37)/t28-,30+/m0/s1. The van der Waals surface area contributed by atoms with Gasteiger partial charge in [-0.25, -0.2) is 4.39 Å². The van der Waals surface area contributed by atoms with E-state index in [0.717, 1.165) is 24.8 Å². The van der Waals surface area contributed by atoms with Crippen molar-refractivity contribution in [3.05, 3.63) is 88.7 Å². The third kappa shape index (κ3) is 5.65. The van der Waals surface area contributed by atoms with Gasteiger partial charge in [0.25, 0.3) is 0 Å². The molecule has 38 heavy (non-hydrogen) atoms. The van der Waals surface area contributed by atoms with Gasteiger partial charge in [-0.3, -0.25) is 4.79 Å². The number of halogens is 1. The Morgan fingerprint density at radius 1 is 1.05 bits per heavy atom. The third-order valence-corrected chi connectivity index (χ3v) is 8.77. The number of benzene rings is 3. The van der Waals surface area contributed by atoms with Gasteiger partial charge in [-0.1, -0.05) is 81.8 Å². The molecule has 0 aromatic heterocycles. The van der Waals surface area contributed by atoms with Gasteiger partial charge in [0.2, 0.25) is 0 Å². The monoisotopic (exact) mass is 514 g/mol. The average molecular weight is 515 g/mol. The van der Waals surface area contributed by atoms with Crippen molar-refractivity contribution < 1.29 is 19.0 Å². The number of carboxylic acid groups (broad SMARTS) is 1. The highest BCUT2D eigenvalue weighted by Crippen LogP contribution is 2.51. The molecular formula is C34H39FO3. The van der Waals surface area contributed by atoms with Crippen LogP contribution in [0.1, 0.15) is 93.4 Å². The van der Waals surface area contributed by atoms with Crippen molar-refractivity contribution in [1.82, 2.24) is 0 Å². The van der Waals surface area contributed by atoms with Gasteiger partial charge in [0.05, 0.1) is 6.42 Å². The van der Waals surface area contributed by atoms with Crippen LogP contribution in [-0.4, -0.2) is 11.1 Å². The number of hydrogen-bond acceptors (Lipinski definition) is 2. The Balaban J connectivity index is 1.43. The van der Waals surface area contributed by atoms with Gasteiger partial charge in [0, 0.05) is 5.92 Å². The first-order chi connectivity index (χ1) is 18.3. The quantitative estimate of drug-likeness (QED) is 0.294. The summed E-state index contributed by atoms with van der Waals surface area (Å²) in [6.45, 7) is 7.19. The SMILES string of the molecule is CCc1cccc(-c2ccc(COc3cccc([C@@H](CC(=O)O)C4CC4)c3F)cc2[C@H]2CCCC2(C)C)c1. The summed E-state index contributed by atoms with van der Waals surface area (Å²) >= 11 is 0. The molecule has 1 N–H and O–H groups in total. The highest BCUT2D eigenvalue weighted by molar-refractivity contribution is 5.70. The van der Waals surface area contributed by atoms with Crippen LogP contribution in [0.5, 0.6) is 5.75 Å². The third-order valence-electron chi connectivity index (χ3n) is 8.77. The van der Waals surface area contributed by atoms with Crippen molar-refractivity contribution in [1.29, 1.82) is 0 Å². The second kappa shape index (κ2) is 10.9. The molecule has 0 aliphatic heterocycles. The van der Waals surface area contributed by atoms with E-state index in [1.807, 2.05) is 0 Å². The fourth-order valence-corrected chi connectivity index (χ4v) is 6.42. The lowest BCUT2D eigenvalue weighted by molar-refractivity contribution is -0.137. The van der Waals surface area contributed by atoms with Crippen LogP contribution in [-0.2, 0) is 17.8 Å². The van der Waals surface area contributed by atoms with Crippen molar-refractivity contribution in [2.75, 3.05) is 0 Å². The van der Waals surface area contributed by atoms with Crippen molar-refractivity contribution in [2.24, 2.45) is 11.3 Å². The van der Waals surface area contributed by atoms with E-state index in [1.54, 1.807) is 18.2 Å². The van der Waals surface area contributed by atoms with E-state index >= 15 is 4.39 Å². The number of rotatable bonds is 10. The number of aryl methyl sites for hydroxylation is 1. The summed E-state index contributed by atoms with van der Waals surface area (Å²) in [4.78, 5) is 11.4. The minimum Gasteiger partial charge on any atom is -0.486 e. The lowest BCUT2D eigenvalue weighted by Crippen LogP contribution is -2.16. The molecule has 200 valence electrons. The smallest absolute Gasteiger partial charge is 0.303 e. The van der Waals surface area contributed by atoms with Gasteiger partial charge in [0.1, 0.15) is 6.61 Å². The van der Waals surface area contributed by atoms with Crippen molar-refractivity contribution in [2.45, 2.75) is 84.2 Å². The van der Waals surface area contributed by atoms with Crippen LogP contribution in [0.4, 0.5) is 4.39 Å². The predicted molar refractivity (Wildman–Crippen MR) is 150 cm³/mol. The molecule has 0 saturated heterocycles. The van der Waals surface area contributed by atoms with E-state index in [4.69, 9.17) is 4.74 Å². The van der Waals surface area contributed by atoms with Crippen molar-refractivity contribution in [3.63, 3.8) is 0 Å². The van der Waals surface area contributed by atoms with E-state index in [1.165, 1.54) is 41.5 Å². The Labute approximate surface area is 226 Å². The van der Waals surface area contributed by atoms with Crippen LogP contribution in [0.2, 0.25) is 0 Å². The Morgan fingerprint density at radius 3 is 2.53 bits per heavy atom. The lowest BCUT2D eigenvalue weighted by Gasteiger charge is -2.30. The highest BCUT2D eigenvalue weighted by atomic mass is 19.1. The summed E-state index contributed by atoms with van der Waals surface area (Å²) in [5, 5.41) is 9.37. The van der Waals surface area contributed by atoms with Gasteiger partial charge in [0.15, 0.2) is 11.6 Å². The molecule has 0 bridgehead atoms. The number of hydrogen-bond donors (Lipinski definition) is 1. The van der Waals surface area contributed by atoms with E-state index in [0.29, 0.717) is 11.5 Å². The fourth-order valence-electron chi connectivity index (χ4n) is 6.42. The van der Waals surface area contributed by atoms with Crippen LogP contribution in [0.25, 0.3) is 11.1 Å². The molecule has 2 saturated carbocycles. The maximum atomic E-state index is 15.5. The maximum Gasteiger partial charge on any atom is 0.303 e. The molecule has 3 aromatic carbocycles. The van der Waals surface area contributed by atoms with Crippen molar-refractivity contribution >= 4 is 5.97 Å². The zero-order valence-electron chi connectivity index (χ0n) is 22.8. The maximum absolute atomic E-state index is 15.5. The van der Waals surface area contributed by atoms with Crippen LogP contribution >= 0.6 is 0 Å². The molecule has 0 radical (unpaired) electrons. The molecule has 2 fully saturated rings. The van der Waals surface area contributed by atoms with E-state index in [9.17, 15) is 9.90 Å². The molecule has 3 nitrogen and oxygen atoms in total. The Hall–Kier alpha value is -3.14. The molecule has 2 aliphatic carbocycles. The predicted octanol–water partition coefficient (Wildman–Crippen LogP) is 8.90. The summed E-state index contributed by atoms with van der Waals surface area (Å²) in [7, 11) is 0. The Kier molecular flexibility index (Phi) is 7.61. The largest absolute Gasteiger partial charge is 0.486 e. The van der Waals surface area contributed by atoms with Crippen LogP contribution < -0.4 is 4.74 Å². The highest BCUT2D eigenvalue weighted by Gasteiger charge is 2.37. The molecule has 2 atom stereocenters. The lowest BCUT2D eigenvalue weighted by atomic mass is 9.75. The fraction of sp³-hybridized carbons (Fsp3) is 0.441. The molecule has 0 spiro atoms. The number of carboxylic acids is 1. The molecule has 0 heterocycles. The van der Waals surface area contributed by atoms with Gasteiger partial charge >= 0.3 is 5.97 Å². The summed E-state index contributed by atoms with van der Waals surface area (Å²) in [6.07, 6.45) is 6.47. The Morgan fingerprint density at radius 2 is 1.84 bits per heavy atom. The first-order valence-corrected chi connectivity index (χ1v) is 14.1. The number of ether oxygens (including phenoxy) is 1. The average Bonchev–Trinajstić information content (AvgIpc) is 3.68. The molecule has 3 aromatic rings. The minimum absolute atomic E-state index is 0.0493. The molecular weight excluding hydrogens is 475 g/mol. The van der Waals surface area contributed by atoms with Gasteiger partial charge in [-0.05, 0) is 88.8 Å². The summed E-state index contributed by atoms with van der Waals surface area (Å²) in [5.41, 5.74) is 6.91. The first kappa shape index (κ1) is 26.5. The van der Waals surface area contributed by atoms with Crippen LogP contribution in [0, 0.1) is 17.2 Å². The summed E-state index contributed by atoms with van der Waals surface area (Å²) in [6, 6.07) is 20.5. The number of aliphatic carboxylic acids is 1. The normalized spacial score (nSPS) is 19.3. The Bertz CT molecular complexity index is 1310. The second-order valence-corrected chi connectivity index (χ2v) is 11.9. The van der Waals surface area contributed by atoms with Gasteiger partial charge < -0.3 is 9.84 Å². The van der Waals surface area contributed by atoms with Crippen molar-refractivity contribution in [3.8, 4) is 16.9 Å². The van der Waals surface area contributed by atoms with Crippen LogP contribution in [0.15, 0.2) is 60.7 Å². The zero-order valence-corrected chi connectivity index (χ0v) is 22.8. The van der Waals surface area contributed by atoms with E-state index in [-0.39, 0.29) is 36.0 Å². The zero-order chi connectivity index (χ0) is 26.9. The molecule has 4 heteroatoms. The molecule has 0 unspecified atom stereocenters.